The highest BCUT2D eigenvalue weighted by Crippen LogP contribution is 2.21. The van der Waals surface area contributed by atoms with Gasteiger partial charge in [0.05, 0.1) is 25.0 Å². The van der Waals surface area contributed by atoms with Gasteiger partial charge in [0.25, 0.3) is 5.91 Å². The van der Waals surface area contributed by atoms with E-state index in [1.165, 1.54) is 12.4 Å². The summed E-state index contributed by atoms with van der Waals surface area (Å²) in [6, 6.07) is 3.58. The van der Waals surface area contributed by atoms with Crippen LogP contribution in [0.25, 0.3) is 0 Å². The third-order valence-electron chi connectivity index (χ3n) is 4.88. The molecule has 0 aliphatic carbocycles. The van der Waals surface area contributed by atoms with Gasteiger partial charge in [-0.2, -0.15) is 5.10 Å². The summed E-state index contributed by atoms with van der Waals surface area (Å²) in [6.45, 7) is 2.16. The Hall–Kier alpha value is -3.14. The van der Waals surface area contributed by atoms with Gasteiger partial charge in [0.1, 0.15) is 11.6 Å². The molecule has 1 N–H and O–H groups in total. The Balaban J connectivity index is 1.41. The molecular formula is C20H18F4N4O2. The number of furan rings is 1. The second-order valence-corrected chi connectivity index (χ2v) is 7.08. The molecule has 30 heavy (non-hydrogen) atoms. The molecule has 0 bridgehead atoms. The van der Waals surface area contributed by atoms with Crippen LogP contribution in [-0.2, 0) is 13.1 Å². The largest absolute Gasteiger partial charge is 0.455 e. The summed E-state index contributed by atoms with van der Waals surface area (Å²) < 4.78 is 60.7. The number of hydrogen-bond acceptors (Lipinski definition) is 4. The number of hydrogen-bond donors (Lipinski definition) is 1. The normalized spacial score (nSPS) is 14.4. The van der Waals surface area contributed by atoms with Gasteiger partial charge in [0, 0.05) is 17.8 Å². The van der Waals surface area contributed by atoms with E-state index in [9.17, 15) is 22.4 Å². The van der Waals surface area contributed by atoms with Gasteiger partial charge in [0.2, 0.25) is 0 Å². The molecule has 3 aromatic rings. The number of aromatic nitrogens is 2. The molecule has 1 aromatic carbocycles. The van der Waals surface area contributed by atoms with Gasteiger partial charge in [-0.15, -0.1) is 0 Å². The smallest absolute Gasteiger partial charge is 0.291 e. The molecular weight excluding hydrogens is 404 g/mol. The monoisotopic (exact) mass is 422 g/mol. The van der Waals surface area contributed by atoms with Crippen molar-refractivity contribution in [1.29, 1.82) is 0 Å². The van der Waals surface area contributed by atoms with Crippen LogP contribution >= 0.6 is 0 Å². The molecule has 1 saturated heterocycles. The molecule has 1 fully saturated rings. The van der Waals surface area contributed by atoms with Crippen molar-refractivity contribution in [2.75, 3.05) is 18.4 Å². The van der Waals surface area contributed by atoms with E-state index in [0.717, 1.165) is 30.6 Å². The maximum atomic E-state index is 13.8. The van der Waals surface area contributed by atoms with E-state index in [4.69, 9.17) is 4.42 Å². The lowest BCUT2D eigenvalue weighted by molar-refractivity contribution is 0.0993. The van der Waals surface area contributed by atoms with Crippen LogP contribution in [0.5, 0.6) is 0 Å². The number of carbonyl (C=O) groups is 1. The highest BCUT2D eigenvalue weighted by atomic mass is 19.2. The lowest BCUT2D eigenvalue weighted by Gasteiger charge is -2.11. The molecule has 10 heteroatoms. The predicted octanol–water partition coefficient (Wildman–Crippen LogP) is 3.93. The summed E-state index contributed by atoms with van der Waals surface area (Å²) in [6.07, 6.45) is 4.88. The molecule has 2 aromatic heterocycles. The molecule has 0 radical (unpaired) electrons. The number of anilines is 1. The predicted molar refractivity (Wildman–Crippen MR) is 98.8 cm³/mol. The van der Waals surface area contributed by atoms with E-state index < -0.39 is 41.3 Å². The van der Waals surface area contributed by atoms with Crippen LogP contribution in [-0.4, -0.2) is 33.7 Å². The standard InChI is InChI=1S/C20H18F4N4O2/c21-15-7-16(22)19(24)18(23)14(15)11-28-9-12(8-25-28)26-20(29)17-4-3-13(30-17)10-27-5-1-2-6-27/h3-4,7-9H,1-2,5-6,10-11H2,(H,26,29). The third-order valence-corrected chi connectivity index (χ3v) is 4.88. The number of benzene rings is 1. The Kier molecular flexibility index (Phi) is 5.58. The first-order chi connectivity index (χ1) is 14.4. The van der Waals surface area contributed by atoms with Crippen molar-refractivity contribution in [2.45, 2.75) is 25.9 Å². The molecule has 1 amide bonds. The van der Waals surface area contributed by atoms with Gasteiger partial charge in [-0.1, -0.05) is 0 Å². The number of halogens is 4. The fraction of sp³-hybridized carbons (Fsp3) is 0.300. The minimum Gasteiger partial charge on any atom is -0.455 e. The van der Waals surface area contributed by atoms with E-state index in [1.807, 2.05) is 0 Å². The van der Waals surface area contributed by atoms with Crippen molar-refractivity contribution in [2.24, 2.45) is 0 Å². The Labute approximate surface area is 169 Å². The van der Waals surface area contributed by atoms with Gasteiger partial charge in [0.15, 0.2) is 23.2 Å². The average Bonchev–Trinajstić information content (AvgIpc) is 3.46. The maximum Gasteiger partial charge on any atom is 0.291 e. The van der Waals surface area contributed by atoms with Crippen molar-refractivity contribution < 1.29 is 26.8 Å². The van der Waals surface area contributed by atoms with Crippen LogP contribution in [0.4, 0.5) is 23.2 Å². The summed E-state index contributed by atoms with van der Waals surface area (Å²) in [4.78, 5) is 14.6. The molecule has 1 aliphatic rings. The molecule has 3 heterocycles. The van der Waals surface area contributed by atoms with Crippen molar-refractivity contribution in [3.63, 3.8) is 0 Å². The molecule has 0 atom stereocenters. The molecule has 1 aliphatic heterocycles. The van der Waals surface area contributed by atoms with E-state index in [1.54, 1.807) is 12.1 Å². The molecule has 0 unspecified atom stereocenters. The van der Waals surface area contributed by atoms with E-state index >= 15 is 0 Å². The lowest BCUT2D eigenvalue weighted by atomic mass is 10.2. The van der Waals surface area contributed by atoms with E-state index in [0.29, 0.717) is 12.3 Å². The lowest BCUT2D eigenvalue weighted by Crippen LogP contribution is -2.17. The van der Waals surface area contributed by atoms with Gasteiger partial charge in [-0.25, -0.2) is 17.6 Å². The summed E-state index contributed by atoms with van der Waals surface area (Å²) >= 11 is 0. The minimum absolute atomic E-state index is 0.120. The average molecular weight is 422 g/mol. The van der Waals surface area contributed by atoms with Crippen molar-refractivity contribution >= 4 is 11.6 Å². The second kappa shape index (κ2) is 8.31. The van der Waals surface area contributed by atoms with Crippen LogP contribution in [0.3, 0.4) is 0 Å². The maximum absolute atomic E-state index is 13.8. The van der Waals surface area contributed by atoms with Crippen LogP contribution in [0.2, 0.25) is 0 Å². The zero-order chi connectivity index (χ0) is 21.3. The van der Waals surface area contributed by atoms with Gasteiger partial charge >= 0.3 is 0 Å². The van der Waals surface area contributed by atoms with Gasteiger partial charge in [-0.05, 0) is 38.1 Å². The summed E-state index contributed by atoms with van der Waals surface area (Å²) in [7, 11) is 0. The molecule has 0 saturated carbocycles. The Morgan fingerprint density at radius 1 is 1.07 bits per heavy atom. The van der Waals surface area contributed by atoms with Gasteiger partial charge < -0.3 is 9.73 Å². The molecule has 6 nitrogen and oxygen atoms in total. The number of amides is 1. The number of nitrogens with zero attached hydrogens (tertiary/aromatic N) is 3. The van der Waals surface area contributed by atoms with Crippen LogP contribution in [0.15, 0.2) is 35.0 Å². The zero-order valence-electron chi connectivity index (χ0n) is 15.8. The zero-order valence-corrected chi connectivity index (χ0v) is 15.8. The second-order valence-electron chi connectivity index (χ2n) is 7.08. The third kappa shape index (κ3) is 4.23. The Morgan fingerprint density at radius 2 is 1.83 bits per heavy atom. The highest BCUT2D eigenvalue weighted by molar-refractivity contribution is 6.02. The summed E-state index contributed by atoms with van der Waals surface area (Å²) in [5, 5.41) is 6.45. The topological polar surface area (TPSA) is 63.3 Å². The molecule has 158 valence electrons. The first kappa shape index (κ1) is 20.1. The van der Waals surface area contributed by atoms with Crippen molar-refractivity contribution in [3.8, 4) is 0 Å². The Morgan fingerprint density at radius 3 is 2.60 bits per heavy atom. The van der Waals surface area contributed by atoms with E-state index in [2.05, 4.69) is 15.3 Å². The Bertz CT molecular complexity index is 1070. The molecule has 4 rings (SSSR count). The molecule has 0 spiro atoms. The number of likely N-dealkylation sites (tertiary alicyclic amines) is 1. The first-order valence-electron chi connectivity index (χ1n) is 9.37. The van der Waals surface area contributed by atoms with Crippen LogP contribution in [0, 0.1) is 23.3 Å². The van der Waals surface area contributed by atoms with E-state index in [-0.39, 0.29) is 17.5 Å². The van der Waals surface area contributed by atoms with Crippen LogP contribution < -0.4 is 5.32 Å². The summed E-state index contributed by atoms with van der Waals surface area (Å²) in [5.74, 6) is -5.91. The first-order valence-corrected chi connectivity index (χ1v) is 9.37. The quantitative estimate of drug-likeness (QED) is 0.372. The number of rotatable bonds is 6. The summed E-state index contributed by atoms with van der Waals surface area (Å²) in [5.41, 5.74) is -0.423. The van der Waals surface area contributed by atoms with Crippen molar-refractivity contribution in [1.82, 2.24) is 14.7 Å². The van der Waals surface area contributed by atoms with Crippen LogP contribution in [0.1, 0.15) is 34.7 Å². The highest BCUT2D eigenvalue weighted by Gasteiger charge is 2.20. The SMILES string of the molecule is O=C(Nc1cnn(Cc2c(F)cc(F)c(F)c2F)c1)c1ccc(CN2CCCC2)o1. The number of carbonyl (C=O) groups excluding carboxylic acids is 1. The fourth-order valence-electron chi connectivity index (χ4n) is 3.36. The number of nitrogens with one attached hydrogen (secondary N) is 1. The minimum atomic E-state index is -1.75. The fourth-order valence-corrected chi connectivity index (χ4v) is 3.36. The van der Waals surface area contributed by atoms with Gasteiger partial charge in [-0.3, -0.25) is 14.4 Å². The van der Waals surface area contributed by atoms with Crippen molar-refractivity contribution in [3.05, 3.63) is 70.9 Å².